The van der Waals surface area contributed by atoms with Crippen LogP contribution in [0.25, 0.3) is 0 Å². The topological polar surface area (TPSA) is 38.8 Å². The van der Waals surface area contributed by atoms with E-state index in [9.17, 15) is 4.79 Å². The van der Waals surface area contributed by atoms with Crippen LogP contribution in [0.4, 0.5) is 5.69 Å². The van der Waals surface area contributed by atoms with Crippen LogP contribution in [0.1, 0.15) is 24.2 Å². The lowest BCUT2D eigenvalue weighted by Gasteiger charge is -2.34. The van der Waals surface area contributed by atoms with E-state index in [2.05, 4.69) is 4.90 Å². The smallest absolute Gasteiger partial charge is 0.159 e. The highest BCUT2D eigenvalue weighted by Gasteiger charge is 2.23. The van der Waals surface area contributed by atoms with Gasteiger partial charge in [-0.25, -0.2) is 0 Å². The van der Waals surface area contributed by atoms with Crippen molar-refractivity contribution < 1.29 is 14.3 Å². The third-order valence-electron chi connectivity index (χ3n) is 2.80. The average molecular weight is 235 g/mol. The van der Waals surface area contributed by atoms with E-state index in [4.69, 9.17) is 9.47 Å². The number of anilines is 1. The van der Waals surface area contributed by atoms with Gasteiger partial charge in [-0.3, -0.25) is 4.79 Å². The lowest BCUT2D eigenvalue weighted by Crippen LogP contribution is -2.39. The molecule has 0 amide bonds. The Labute approximate surface area is 101 Å². The van der Waals surface area contributed by atoms with Crippen LogP contribution in [0.5, 0.6) is 5.75 Å². The van der Waals surface area contributed by atoms with E-state index in [1.807, 2.05) is 19.1 Å². The molecule has 1 aromatic carbocycles. The second kappa shape index (κ2) is 4.75. The molecule has 1 atom stereocenters. The van der Waals surface area contributed by atoms with Crippen LogP contribution in [0.3, 0.4) is 0 Å². The van der Waals surface area contributed by atoms with E-state index in [1.54, 1.807) is 20.1 Å². The third kappa shape index (κ3) is 2.42. The first-order valence-corrected chi connectivity index (χ1v) is 5.67. The summed E-state index contributed by atoms with van der Waals surface area (Å²) < 4.78 is 10.9. The van der Waals surface area contributed by atoms with Crippen LogP contribution in [-0.2, 0) is 4.74 Å². The minimum absolute atomic E-state index is 0.0591. The zero-order valence-electron chi connectivity index (χ0n) is 10.4. The predicted molar refractivity (Wildman–Crippen MR) is 65.8 cm³/mol. The molecule has 1 heterocycles. The normalized spacial score (nSPS) is 18.5. The molecule has 0 bridgehead atoms. The maximum absolute atomic E-state index is 11.4. The molecular formula is C13H17NO3. The van der Waals surface area contributed by atoms with Crippen molar-refractivity contribution in [1.29, 1.82) is 0 Å². The van der Waals surface area contributed by atoms with E-state index >= 15 is 0 Å². The Hall–Kier alpha value is -1.55. The highest BCUT2D eigenvalue weighted by atomic mass is 16.5. The maximum Gasteiger partial charge on any atom is 0.159 e. The van der Waals surface area contributed by atoms with Gasteiger partial charge in [0.2, 0.25) is 0 Å². The number of methoxy groups -OCH3 is 1. The van der Waals surface area contributed by atoms with Crippen molar-refractivity contribution >= 4 is 11.5 Å². The molecule has 1 unspecified atom stereocenters. The second-order valence-corrected chi connectivity index (χ2v) is 4.31. The van der Waals surface area contributed by atoms with Gasteiger partial charge in [0.25, 0.3) is 0 Å². The summed E-state index contributed by atoms with van der Waals surface area (Å²) in [7, 11) is 1.66. The summed E-state index contributed by atoms with van der Waals surface area (Å²) in [5.74, 6) is 0.870. The van der Waals surface area contributed by atoms with Gasteiger partial charge in [0.1, 0.15) is 18.6 Å². The first kappa shape index (κ1) is 11.9. The van der Waals surface area contributed by atoms with Crippen molar-refractivity contribution in [2.24, 2.45) is 0 Å². The number of rotatable bonds is 3. The molecule has 0 spiro atoms. The Morgan fingerprint density at radius 3 is 3.00 bits per heavy atom. The number of benzene rings is 1. The molecule has 1 aromatic rings. The number of carbonyl (C=O) groups is 1. The van der Waals surface area contributed by atoms with Crippen LogP contribution in [0.15, 0.2) is 18.2 Å². The quantitative estimate of drug-likeness (QED) is 0.752. The molecule has 0 saturated heterocycles. The molecule has 0 fully saturated rings. The fraction of sp³-hybridized carbons (Fsp3) is 0.462. The highest BCUT2D eigenvalue weighted by Crippen LogP contribution is 2.34. The molecule has 2 rings (SSSR count). The number of hydrogen-bond acceptors (Lipinski definition) is 4. The second-order valence-electron chi connectivity index (χ2n) is 4.31. The molecule has 0 aliphatic carbocycles. The van der Waals surface area contributed by atoms with Crippen LogP contribution in [0.2, 0.25) is 0 Å². The van der Waals surface area contributed by atoms with Crippen LogP contribution in [0, 0.1) is 0 Å². The SMILES string of the molecule is COCN1CC(C)Oc2ccc(C(C)=O)cc21. The number of ketones is 1. The summed E-state index contributed by atoms with van der Waals surface area (Å²) in [4.78, 5) is 13.4. The zero-order valence-corrected chi connectivity index (χ0v) is 10.4. The van der Waals surface area contributed by atoms with Gasteiger partial charge in [-0.1, -0.05) is 0 Å². The number of ether oxygens (including phenoxy) is 2. The molecule has 4 heteroatoms. The number of carbonyl (C=O) groups excluding carboxylic acids is 1. The zero-order chi connectivity index (χ0) is 12.4. The number of fused-ring (bicyclic) bond motifs is 1. The van der Waals surface area contributed by atoms with Crippen LogP contribution >= 0.6 is 0 Å². The first-order valence-electron chi connectivity index (χ1n) is 5.67. The minimum Gasteiger partial charge on any atom is -0.487 e. The van der Waals surface area contributed by atoms with Gasteiger partial charge in [0.05, 0.1) is 12.2 Å². The molecule has 0 saturated carbocycles. The van der Waals surface area contributed by atoms with Crippen molar-refractivity contribution in [3.05, 3.63) is 23.8 Å². The number of nitrogens with zero attached hydrogens (tertiary/aromatic N) is 1. The predicted octanol–water partition coefficient (Wildman–Crippen LogP) is 2.08. The van der Waals surface area contributed by atoms with Crippen molar-refractivity contribution in [1.82, 2.24) is 0 Å². The molecule has 17 heavy (non-hydrogen) atoms. The van der Waals surface area contributed by atoms with Crippen LogP contribution < -0.4 is 9.64 Å². The summed E-state index contributed by atoms with van der Waals surface area (Å²) in [5, 5.41) is 0. The summed E-state index contributed by atoms with van der Waals surface area (Å²) in [6.45, 7) is 4.85. The van der Waals surface area contributed by atoms with Crippen molar-refractivity contribution in [2.45, 2.75) is 20.0 Å². The average Bonchev–Trinajstić information content (AvgIpc) is 2.28. The third-order valence-corrected chi connectivity index (χ3v) is 2.80. The minimum atomic E-state index is 0.0591. The fourth-order valence-electron chi connectivity index (χ4n) is 2.02. The summed E-state index contributed by atoms with van der Waals surface area (Å²) in [6.07, 6.45) is 0.126. The van der Waals surface area contributed by atoms with E-state index in [1.165, 1.54) is 0 Å². The van der Waals surface area contributed by atoms with Gasteiger partial charge < -0.3 is 14.4 Å². The van der Waals surface area contributed by atoms with Crippen molar-refractivity contribution in [3.8, 4) is 5.75 Å². The van der Waals surface area contributed by atoms with Gasteiger partial charge in [-0.05, 0) is 32.0 Å². The van der Waals surface area contributed by atoms with Crippen molar-refractivity contribution in [2.75, 3.05) is 25.3 Å². The molecule has 0 aromatic heterocycles. The van der Waals surface area contributed by atoms with E-state index in [0.717, 1.165) is 18.0 Å². The number of hydrogen-bond donors (Lipinski definition) is 0. The first-order chi connectivity index (χ1) is 8.11. The lowest BCUT2D eigenvalue weighted by atomic mass is 10.1. The summed E-state index contributed by atoms with van der Waals surface area (Å²) in [5.41, 5.74) is 1.63. The van der Waals surface area contributed by atoms with Gasteiger partial charge in [-0.15, -0.1) is 0 Å². The van der Waals surface area contributed by atoms with Gasteiger partial charge in [-0.2, -0.15) is 0 Å². The van der Waals surface area contributed by atoms with E-state index in [-0.39, 0.29) is 11.9 Å². The van der Waals surface area contributed by atoms with E-state index < -0.39 is 0 Å². The lowest BCUT2D eigenvalue weighted by molar-refractivity contribution is 0.101. The summed E-state index contributed by atoms with van der Waals surface area (Å²) >= 11 is 0. The number of Topliss-reactive ketones (excluding diaryl/α,β-unsaturated/α-hetero) is 1. The largest absolute Gasteiger partial charge is 0.487 e. The molecule has 4 nitrogen and oxygen atoms in total. The molecule has 1 aliphatic heterocycles. The Morgan fingerprint density at radius 1 is 1.59 bits per heavy atom. The van der Waals surface area contributed by atoms with E-state index in [0.29, 0.717) is 12.3 Å². The maximum atomic E-state index is 11.4. The molecule has 92 valence electrons. The van der Waals surface area contributed by atoms with Gasteiger partial charge in [0, 0.05) is 12.7 Å². The molecule has 0 N–H and O–H groups in total. The molecule has 1 aliphatic rings. The fourth-order valence-corrected chi connectivity index (χ4v) is 2.02. The Morgan fingerprint density at radius 2 is 2.35 bits per heavy atom. The molecule has 0 radical (unpaired) electrons. The summed E-state index contributed by atoms with van der Waals surface area (Å²) in [6, 6.07) is 5.51. The van der Waals surface area contributed by atoms with Gasteiger partial charge >= 0.3 is 0 Å². The Bertz CT molecular complexity index is 431. The highest BCUT2D eigenvalue weighted by molar-refractivity contribution is 5.95. The standard InChI is InChI=1S/C13H17NO3/c1-9-7-14(8-16-3)12-6-11(10(2)15)4-5-13(12)17-9/h4-6,9H,7-8H2,1-3H3. The monoisotopic (exact) mass is 235 g/mol. The van der Waals surface area contributed by atoms with Crippen molar-refractivity contribution in [3.63, 3.8) is 0 Å². The Balaban J connectivity index is 2.38. The van der Waals surface area contributed by atoms with Crippen LogP contribution in [-0.4, -0.2) is 32.3 Å². The van der Waals surface area contributed by atoms with Gasteiger partial charge in [0.15, 0.2) is 5.78 Å². The molecular weight excluding hydrogens is 218 g/mol. The Kier molecular flexibility index (Phi) is 3.33.